The summed E-state index contributed by atoms with van der Waals surface area (Å²) < 4.78 is 10.6. The van der Waals surface area contributed by atoms with Crippen molar-refractivity contribution in [1.82, 2.24) is 0 Å². The van der Waals surface area contributed by atoms with Crippen LogP contribution in [0.1, 0.15) is 44.5 Å². The third-order valence-electron chi connectivity index (χ3n) is 2.60. The van der Waals surface area contributed by atoms with Crippen LogP contribution in [0.5, 0.6) is 5.75 Å². The maximum atomic E-state index is 12.3. The van der Waals surface area contributed by atoms with Gasteiger partial charge in [-0.3, -0.25) is 9.59 Å². The van der Waals surface area contributed by atoms with Crippen LogP contribution in [0.15, 0.2) is 24.3 Å². The number of nitrogens with two attached hydrogens (primary N) is 1. The molecule has 0 aromatic heterocycles. The molecule has 21 heavy (non-hydrogen) atoms. The number of ketones is 1. The second-order valence-electron chi connectivity index (χ2n) is 5.70. The van der Waals surface area contributed by atoms with Crippen molar-refractivity contribution < 1.29 is 19.1 Å². The highest BCUT2D eigenvalue weighted by Gasteiger charge is 2.25. The molecule has 0 fully saturated rings. The molecular weight excluding hydrogens is 270 g/mol. The van der Waals surface area contributed by atoms with E-state index in [0.717, 1.165) is 0 Å². The van der Waals surface area contributed by atoms with Crippen LogP contribution in [0, 0.1) is 0 Å². The van der Waals surface area contributed by atoms with E-state index in [-0.39, 0.29) is 12.2 Å². The molecule has 5 heteroatoms. The van der Waals surface area contributed by atoms with Crippen LogP contribution in [-0.2, 0) is 9.53 Å². The largest absolute Gasteiger partial charge is 0.493 e. The molecule has 1 atom stereocenters. The SMILES string of the molecule is CCOc1ccccc1C(=O)CC(N)C(=O)OC(C)(C)C. The lowest BCUT2D eigenvalue weighted by Crippen LogP contribution is -2.38. The maximum Gasteiger partial charge on any atom is 0.323 e. The summed E-state index contributed by atoms with van der Waals surface area (Å²) in [6.07, 6.45) is -0.112. The molecule has 5 nitrogen and oxygen atoms in total. The van der Waals surface area contributed by atoms with Gasteiger partial charge in [-0.2, -0.15) is 0 Å². The first-order valence-corrected chi connectivity index (χ1v) is 6.98. The molecule has 0 saturated heterocycles. The zero-order valence-corrected chi connectivity index (χ0v) is 13.0. The summed E-state index contributed by atoms with van der Waals surface area (Å²) in [4.78, 5) is 24.1. The first-order chi connectivity index (χ1) is 9.74. The predicted octanol–water partition coefficient (Wildman–Crippen LogP) is 2.33. The zero-order valence-electron chi connectivity index (χ0n) is 13.0. The van der Waals surface area contributed by atoms with Crippen molar-refractivity contribution in [2.45, 2.75) is 45.8 Å². The highest BCUT2D eigenvalue weighted by atomic mass is 16.6. The highest BCUT2D eigenvalue weighted by Crippen LogP contribution is 2.20. The molecule has 0 spiro atoms. The standard InChI is InChI=1S/C16H23NO4/c1-5-20-14-9-7-6-8-11(14)13(18)10-12(17)15(19)21-16(2,3)4/h6-9,12H,5,10,17H2,1-4H3. The minimum absolute atomic E-state index is 0.112. The zero-order chi connectivity index (χ0) is 16.0. The molecule has 2 N–H and O–H groups in total. The molecule has 0 amide bonds. The van der Waals surface area contributed by atoms with Crippen LogP contribution < -0.4 is 10.5 Å². The third kappa shape index (κ3) is 5.55. The smallest absolute Gasteiger partial charge is 0.323 e. The summed E-state index contributed by atoms with van der Waals surface area (Å²) in [5, 5.41) is 0. The number of ether oxygens (including phenoxy) is 2. The van der Waals surface area contributed by atoms with Crippen molar-refractivity contribution in [1.29, 1.82) is 0 Å². The van der Waals surface area contributed by atoms with Gasteiger partial charge >= 0.3 is 5.97 Å². The lowest BCUT2D eigenvalue weighted by atomic mass is 10.0. The van der Waals surface area contributed by atoms with Crippen molar-refractivity contribution in [3.63, 3.8) is 0 Å². The molecule has 1 unspecified atom stereocenters. The minimum Gasteiger partial charge on any atom is -0.493 e. The Morgan fingerprint density at radius 2 is 1.86 bits per heavy atom. The summed E-state index contributed by atoms with van der Waals surface area (Å²) in [6.45, 7) is 7.56. The normalized spacial score (nSPS) is 12.6. The summed E-state index contributed by atoms with van der Waals surface area (Å²) >= 11 is 0. The molecule has 1 aromatic rings. The van der Waals surface area contributed by atoms with Crippen LogP contribution in [0.25, 0.3) is 0 Å². The summed E-state index contributed by atoms with van der Waals surface area (Å²) in [5.41, 5.74) is 5.56. The molecule has 1 rings (SSSR count). The molecule has 0 bridgehead atoms. The molecule has 0 aliphatic rings. The number of benzene rings is 1. The first-order valence-electron chi connectivity index (χ1n) is 6.98. The number of rotatable bonds is 6. The fraction of sp³-hybridized carbons (Fsp3) is 0.500. The molecule has 0 aliphatic heterocycles. The van der Waals surface area contributed by atoms with Gasteiger partial charge in [0.2, 0.25) is 0 Å². The molecule has 116 valence electrons. The van der Waals surface area contributed by atoms with Crippen molar-refractivity contribution in [3.8, 4) is 5.75 Å². The number of esters is 1. The molecular formula is C16H23NO4. The van der Waals surface area contributed by atoms with Gasteiger partial charge in [0.05, 0.1) is 12.2 Å². The van der Waals surface area contributed by atoms with E-state index in [0.29, 0.717) is 17.9 Å². The lowest BCUT2D eigenvalue weighted by molar-refractivity contribution is -0.156. The number of hydrogen-bond acceptors (Lipinski definition) is 5. The Labute approximate surface area is 125 Å². The monoisotopic (exact) mass is 293 g/mol. The van der Waals surface area contributed by atoms with Crippen molar-refractivity contribution in [2.75, 3.05) is 6.61 Å². The van der Waals surface area contributed by atoms with Gasteiger partial charge in [-0.25, -0.2) is 0 Å². The van der Waals surface area contributed by atoms with Gasteiger partial charge in [0.15, 0.2) is 5.78 Å². The Morgan fingerprint density at radius 3 is 2.43 bits per heavy atom. The summed E-state index contributed by atoms with van der Waals surface area (Å²) in [5.74, 6) is -0.316. The van der Waals surface area contributed by atoms with E-state index < -0.39 is 17.6 Å². The second kappa shape index (κ2) is 7.22. The molecule has 0 aliphatic carbocycles. The van der Waals surface area contributed by atoms with Crippen molar-refractivity contribution in [3.05, 3.63) is 29.8 Å². The predicted molar refractivity (Wildman–Crippen MR) is 80.4 cm³/mol. The average Bonchev–Trinajstić information content (AvgIpc) is 2.37. The first kappa shape index (κ1) is 17.2. The van der Waals surface area contributed by atoms with Crippen LogP contribution in [-0.4, -0.2) is 30.0 Å². The van der Waals surface area contributed by atoms with Gasteiger partial charge in [0.1, 0.15) is 17.4 Å². The van der Waals surface area contributed by atoms with Gasteiger partial charge in [0.25, 0.3) is 0 Å². The Kier molecular flexibility index (Phi) is 5.90. The number of carbonyl (C=O) groups excluding carboxylic acids is 2. The third-order valence-corrected chi connectivity index (χ3v) is 2.60. The van der Waals surface area contributed by atoms with E-state index in [1.54, 1.807) is 45.0 Å². The van der Waals surface area contributed by atoms with Crippen LogP contribution >= 0.6 is 0 Å². The number of carbonyl (C=O) groups is 2. The van der Waals surface area contributed by atoms with E-state index in [1.807, 2.05) is 6.92 Å². The average molecular weight is 293 g/mol. The van der Waals surface area contributed by atoms with Crippen LogP contribution in [0.2, 0.25) is 0 Å². The Hall–Kier alpha value is -1.88. The maximum absolute atomic E-state index is 12.3. The summed E-state index contributed by atoms with van der Waals surface area (Å²) in [6, 6.07) is 5.93. The molecule has 0 radical (unpaired) electrons. The number of Topliss-reactive ketones (excluding diaryl/α,β-unsaturated/α-hetero) is 1. The fourth-order valence-corrected chi connectivity index (χ4v) is 1.75. The van der Waals surface area contributed by atoms with Crippen molar-refractivity contribution >= 4 is 11.8 Å². The number of para-hydroxylation sites is 1. The van der Waals surface area contributed by atoms with Crippen LogP contribution in [0.4, 0.5) is 0 Å². The molecule has 1 aromatic carbocycles. The Morgan fingerprint density at radius 1 is 1.24 bits per heavy atom. The van der Waals surface area contributed by atoms with Gasteiger partial charge in [-0.05, 0) is 39.8 Å². The Bertz CT molecular complexity index is 505. The van der Waals surface area contributed by atoms with E-state index in [4.69, 9.17) is 15.2 Å². The van der Waals surface area contributed by atoms with Gasteiger partial charge in [0, 0.05) is 6.42 Å². The molecule has 0 saturated carbocycles. The molecule has 0 heterocycles. The van der Waals surface area contributed by atoms with E-state index in [9.17, 15) is 9.59 Å². The van der Waals surface area contributed by atoms with Gasteiger partial charge in [-0.15, -0.1) is 0 Å². The lowest BCUT2D eigenvalue weighted by Gasteiger charge is -2.22. The number of hydrogen-bond donors (Lipinski definition) is 1. The highest BCUT2D eigenvalue weighted by molar-refractivity contribution is 6.01. The van der Waals surface area contributed by atoms with E-state index in [1.165, 1.54) is 0 Å². The van der Waals surface area contributed by atoms with Crippen LogP contribution in [0.3, 0.4) is 0 Å². The van der Waals surface area contributed by atoms with Gasteiger partial charge < -0.3 is 15.2 Å². The van der Waals surface area contributed by atoms with Gasteiger partial charge in [-0.1, -0.05) is 12.1 Å². The van der Waals surface area contributed by atoms with Crippen molar-refractivity contribution in [2.24, 2.45) is 5.73 Å². The topological polar surface area (TPSA) is 78.6 Å². The van der Waals surface area contributed by atoms with E-state index in [2.05, 4.69) is 0 Å². The Balaban J connectivity index is 2.75. The minimum atomic E-state index is -0.980. The van der Waals surface area contributed by atoms with E-state index >= 15 is 0 Å². The summed E-state index contributed by atoms with van der Waals surface area (Å²) in [7, 11) is 0. The second-order valence-corrected chi connectivity index (χ2v) is 5.70. The quantitative estimate of drug-likeness (QED) is 0.643. The fourth-order valence-electron chi connectivity index (χ4n) is 1.75.